The Kier molecular flexibility index (Phi) is 8.35. The number of hydrogen-bond acceptors (Lipinski definition) is 6. The molecule has 3 rings (SSSR count). The Hall–Kier alpha value is -2.03. The van der Waals surface area contributed by atoms with Gasteiger partial charge in [-0.05, 0) is 49.7 Å². The highest BCUT2D eigenvalue weighted by atomic mass is 35.5. The standard InChI is InChI=1S/C19H24N4O3S.ClH/c1-26-17(24)14-27-13-15-4-2-5-16(12-15)22-18(25)19(6-9-20-10-7-19)23-11-3-8-21-23;/h2-5,8,11-12,20H,6-7,9-10,13-14H2,1H3,(H,22,25);1H. The summed E-state index contributed by atoms with van der Waals surface area (Å²) in [6, 6.07) is 9.56. The zero-order valence-corrected chi connectivity index (χ0v) is 17.4. The van der Waals surface area contributed by atoms with E-state index in [1.165, 1.54) is 18.9 Å². The molecular formula is C19H25ClN4O3S. The van der Waals surface area contributed by atoms with Crippen LogP contribution in [0.5, 0.6) is 0 Å². The predicted molar refractivity (Wildman–Crippen MR) is 113 cm³/mol. The quantitative estimate of drug-likeness (QED) is 0.664. The molecule has 152 valence electrons. The van der Waals surface area contributed by atoms with Gasteiger partial charge in [0.1, 0.15) is 5.54 Å². The Labute approximate surface area is 175 Å². The van der Waals surface area contributed by atoms with E-state index in [1.54, 1.807) is 10.9 Å². The maximum Gasteiger partial charge on any atom is 0.315 e. The summed E-state index contributed by atoms with van der Waals surface area (Å²) in [6.07, 6.45) is 4.94. The molecule has 2 heterocycles. The number of rotatable bonds is 7. The van der Waals surface area contributed by atoms with Crippen LogP contribution in [0.25, 0.3) is 0 Å². The Bertz CT molecular complexity index is 779. The van der Waals surface area contributed by atoms with Crippen molar-refractivity contribution in [3.63, 3.8) is 0 Å². The molecule has 2 N–H and O–H groups in total. The number of anilines is 1. The minimum absolute atomic E-state index is 0. The Balaban J connectivity index is 0.00000280. The normalized spacial score (nSPS) is 15.3. The van der Waals surface area contributed by atoms with Crippen molar-refractivity contribution >= 4 is 41.7 Å². The van der Waals surface area contributed by atoms with Crippen LogP contribution in [0.2, 0.25) is 0 Å². The number of nitrogens with zero attached hydrogens (tertiary/aromatic N) is 2. The minimum atomic E-state index is -0.676. The van der Waals surface area contributed by atoms with Crippen molar-refractivity contribution in [3.8, 4) is 0 Å². The molecule has 1 aliphatic rings. The fourth-order valence-electron chi connectivity index (χ4n) is 3.22. The van der Waals surface area contributed by atoms with Crippen LogP contribution >= 0.6 is 24.2 Å². The second-order valence-corrected chi connectivity index (χ2v) is 7.44. The largest absolute Gasteiger partial charge is 0.468 e. The second-order valence-electron chi connectivity index (χ2n) is 6.46. The molecule has 0 saturated carbocycles. The van der Waals surface area contributed by atoms with Crippen LogP contribution in [-0.2, 0) is 25.6 Å². The van der Waals surface area contributed by atoms with Crippen LogP contribution in [0, 0.1) is 0 Å². The third kappa shape index (κ3) is 5.27. The number of piperidine rings is 1. The van der Waals surface area contributed by atoms with Gasteiger partial charge in [0.2, 0.25) is 0 Å². The fraction of sp³-hybridized carbons (Fsp3) is 0.421. The van der Waals surface area contributed by atoms with E-state index in [0.29, 0.717) is 24.3 Å². The number of aromatic nitrogens is 2. The van der Waals surface area contributed by atoms with Crippen molar-refractivity contribution in [2.24, 2.45) is 0 Å². The second kappa shape index (κ2) is 10.5. The molecule has 2 aromatic rings. The minimum Gasteiger partial charge on any atom is -0.468 e. The summed E-state index contributed by atoms with van der Waals surface area (Å²) in [6.45, 7) is 1.55. The van der Waals surface area contributed by atoms with Crippen molar-refractivity contribution in [1.29, 1.82) is 0 Å². The number of esters is 1. The molecule has 28 heavy (non-hydrogen) atoms. The highest BCUT2D eigenvalue weighted by molar-refractivity contribution is 7.99. The molecule has 0 aliphatic carbocycles. The molecule has 0 bridgehead atoms. The van der Waals surface area contributed by atoms with E-state index in [9.17, 15) is 9.59 Å². The van der Waals surface area contributed by atoms with Crippen LogP contribution in [0.3, 0.4) is 0 Å². The zero-order chi connectivity index (χ0) is 19.1. The maximum absolute atomic E-state index is 13.2. The van der Waals surface area contributed by atoms with E-state index >= 15 is 0 Å². The summed E-state index contributed by atoms with van der Waals surface area (Å²) in [5, 5.41) is 10.7. The molecule has 1 aromatic heterocycles. The maximum atomic E-state index is 13.2. The number of ether oxygens (including phenoxy) is 1. The molecule has 1 aromatic carbocycles. The molecule has 9 heteroatoms. The van der Waals surface area contributed by atoms with Gasteiger partial charge in [-0.2, -0.15) is 5.10 Å². The van der Waals surface area contributed by atoms with Crippen molar-refractivity contribution in [2.75, 3.05) is 31.3 Å². The number of hydrogen-bond donors (Lipinski definition) is 2. The number of halogens is 1. The van der Waals surface area contributed by atoms with Gasteiger partial charge in [-0.1, -0.05) is 12.1 Å². The molecule has 0 radical (unpaired) electrons. The van der Waals surface area contributed by atoms with Crippen LogP contribution in [0.4, 0.5) is 5.69 Å². The first-order chi connectivity index (χ1) is 13.1. The van der Waals surface area contributed by atoms with E-state index in [0.717, 1.165) is 24.3 Å². The van der Waals surface area contributed by atoms with Gasteiger partial charge >= 0.3 is 5.97 Å². The lowest BCUT2D eigenvalue weighted by Crippen LogP contribution is -2.52. The topological polar surface area (TPSA) is 85.2 Å². The lowest BCUT2D eigenvalue weighted by Gasteiger charge is -2.36. The number of nitrogens with one attached hydrogen (secondary N) is 2. The highest BCUT2D eigenvalue weighted by Crippen LogP contribution is 2.29. The number of methoxy groups -OCH3 is 1. The first-order valence-electron chi connectivity index (χ1n) is 8.90. The summed E-state index contributed by atoms with van der Waals surface area (Å²) in [4.78, 5) is 24.4. The average molecular weight is 425 g/mol. The van der Waals surface area contributed by atoms with E-state index in [2.05, 4.69) is 20.5 Å². The van der Waals surface area contributed by atoms with Gasteiger partial charge in [0.15, 0.2) is 0 Å². The lowest BCUT2D eigenvalue weighted by atomic mass is 9.87. The van der Waals surface area contributed by atoms with Gasteiger partial charge in [0.25, 0.3) is 5.91 Å². The van der Waals surface area contributed by atoms with Crippen LogP contribution in [0.1, 0.15) is 18.4 Å². The van der Waals surface area contributed by atoms with Crippen LogP contribution in [-0.4, -0.2) is 47.6 Å². The molecule has 0 spiro atoms. The molecule has 1 fully saturated rings. The number of carbonyl (C=O) groups is 2. The number of amides is 1. The van der Waals surface area contributed by atoms with E-state index in [4.69, 9.17) is 0 Å². The molecule has 1 aliphatic heterocycles. The van der Waals surface area contributed by atoms with Gasteiger partial charge in [-0.15, -0.1) is 24.2 Å². The summed E-state index contributed by atoms with van der Waals surface area (Å²) in [5.41, 5.74) is 1.12. The average Bonchev–Trinajstić information content (AvgIpc) is 3.24. The van der Waals surface area contributed by atoms with Gasteiger partial charge in [-0.25, -0.2) is 0 Å². The van der Waals surface area contributed by atoms with Gasteiger partial charge in [0, 0.05) is 23.8 Å². The third-order valence-corrected chi connectivity index (χ3v) is 5.67. The van der Waals surface area contributed by atoms with E-state index in [1.807, 2.05) is 36.5 Å². The molecule has 1 saturated heterocycles. The highest BCUT2D eigenvalue weighted by Gasteiger charge is 2.42. The SMILES string of the molecule is COC(=O)CSCc1cccc(NC(=O)C2(n3cccn3)CCNCC2)c1.Cl. The fourth-order valence-corrected chi connectivity index (χ4v) is 4.02. The van der Waals surface area contributed by atoms with Crippen LogP contribution in [0.15, 0.2) is 42.7 Å². The van der Waals surface area contributed by atoms with Gasteiger partial charge in [-0.3, -0.25) is 14.3 Å². The van der Waals surface area contributed by atoms with Gasteiger partial charge < -0.3 is 15.4 Å². The summed E-state index contributed by atoms with van der Waals surface area (Å²) >= 11 is 1.48. The number of benzene rings is 1. The van der Waals surface area contributed by atoms with Crippen molar-refractivity contribution < 1.29 is 14.3 Å². The Morgan fingerprint density at radius 3 is 2.79 bits per heavy atom. The smallest absolute Gasteiger partial charge is 0.315 e. The first-order valence-corrected chi connectivity index (χ1v) is 10.1. The third-order valence-electron chi connectivity index (χ3n) is 4.70. The monoisotopic (exact) mass is 424 g/mol. The summed E-state index contributed by atoms with van der Waals surface area (Å²) in [7, 11) is 1.38. The first kappa shape index (κ1) is 22.3. The summed E-state index contributed by atoms with van der Waals surface area (Å²) in [5.74, 6) is 0.693. The number of carbonyl (C=O) groups excluding carboxylic acids is 2. The van der Waals surface area contributed by atoms with Gasteiger partial charge in [0.05, 0.1) is 12.9 Å². The molecule has 0 atom stereocenters. The lowest BCUT2D eigenvalue weighted by molar-refractivity contribution is -0.137. The van der Waals surface area contributed by atoms with Crippen molar-refractivity contribution in [3.05, 3.63) is 48.3 Å². The van der Waals surface area contributed by atoms with E-state index in [-0.39, 0.29) is 24.3 Å². The predicted octanol–water partition coefficient (Wildman–Crippen LogP) is 2.43. The Morgan fingerprint density at radius 2 is 2.11 bits per heavy atom. The molecular weight excluding hydrogens is 400 g/mol. The number of thioether (sulfide) groups is 1. The van der Waals surface area contributed by atoms with E-state index < -0.39 is 5.54 Å². The molecule has 0 unspecified atom stereocenters. The Morgan fingerprint density at radius 1 is 1.32 bits per heavy atom. The molecule has 7 nitrogen and oxygen atoms in total. The molecule has 1 amide bonds. The van der Waals surface area contributed by atoms with Crippen LogP contribution < -0.4 is 10.6 Å². The zero-order valence-electron chi connectivity index (χ0n) is 15.7. The van der Waals surface area contributed by atoms with Crippen molar-refractivity contribution in [1.82, 2.24) is 15.1 Å². The van der Waals surface area contributed by atoms with Crippen molar-refractivity contribution in [2.45, 2.75) is 24.1 Å². The summed E-state index contributed by atoms with van der Waals surface area (Å²) < 4.78 is 6.43.